The summed E-state index contributed by atoms with van der Waals surface area (Å²) in [6.07, 6.45) is 5.40. The first-order valence-electron chi connectivity index (χ1n) is 13.3. The average Bonchev–Trinajstić information content (AvgIpc) is 3.47. The second-order valence-electron chi connectivity index (χ2n) is 10.8. The lowest BCUT2D eigenvalue weighted by Gasteiger charge is -2.28. The molecule has 1 fully saturated rings. The Kier molecular flexibility index (Phi) is 6.61. The number of pyridine rings is 1. The van der Waals surface area contributed by atoms with Crippen LogP contribution in [0.1, 0.15) is 48.3 Å². The summed E-state index contributed by atoms with van der Waals surface area (Å²) in [7, 11) is 1.52. The maximum Gasteiger partial charge on any atom is 0.251 e. The van der Waals surface area contributed by atoms with Crippen LogP contribution in [0.5, 0.6) is 17.2 Å². The number of amides is 1. The van der Waals surface area contributed by atoms with Crippen LogP contribution in [-0.4, -0.2) is 57.1 Å². The van der Waals surface area contributed by atoms with Crippen molar-refractivity contribution >= 4 is 5.91 Å². The minimum absolute atomic E-state index is 0.132. The maximum absolute atomic E-state index is 13.7. The van der Waals surface area contributed by atoms with Crippen molar-refractivity contribution in [3.05, 3.63) is 83.8 Å². The Labute approximate surface area is 236 Å². The zero-order chi connectivity index (χ0) is 28.8. The Bertz CT molecular complexity index is 1590. The van der Waals surface area contributed by atoms with Gasteiger partial charge in [0.05, 0.1) is 25.5 Å². The Morgan fingerprint density at radius 3 is 2.59 bits per heavy atom. The van der Waals surface area contributed by atoms with Crippen LogP contribution >= 0.6 is 0 Å². The maximum atomic E-state index is 13.7. The molecule has 212 valence electrons. The average molecular weight is 560 g/mol. The van der Waals surface area contributed by atoms with Crippen molar-refractivity contribution in [2.24, 2.45) is 0 Å². The molecule has 1 saturated carbocycles. The van der Waals surface area contributed by atoms with Crippen LogP contribution in [0.2, 0.25) is 0 Å². The fourth-order valence-corrected chi connectivity index (χ4v) is 4.84. The van der Waals surface area contributed by atoms with Crippen LogP contribution in [0.15, 0.2) is 61.2 Å². The minimum Gasteiger partial charge on any atom is -0.493 e. The van der Waals surface area contributed by atoms with Gasteiger partial charge in [-0.15, -0.1) is 10.2 Å². The van der Waals surface area contributed by atoms with Crippen LogP contribution in [0.4, 0.5) is 4.39 Å². The molecule has 0 spiro atoms. The molecule has 1 amide bonds. The number of fused-ring (bicyclic) bond motifs is 1. The number of carbonyl (C=O) groups is 1. The monoisotopic (exact) mass is 559 g/mol. The number of rotatable bonds is 9. The smallest absolute Gasteiger partial charge is 0.251 e. The number of aliphatic hydroxyl groups is 1. The van der Waals surface area contributed by atoms with Gasteiger partial charge in [0.2, 0.25) is 0 Å². The van der Waals surface area contributed by atoms with Crippen molar-refractivity contribution in [3.8, 4) is 28.5 Å². The minimum atomic E-state index is -1.57. The molecule has 2 aromatic carbocycles. The third kappa shape index (κ3) is 5.08. The number of nitrogens with zero attached hydrogens (tertiary/aromatic N) is 4. The molecule has 10 nitrogen and oxygen atoms in total. The molecule has 2 aromatic heterocycles. The standard InChI is InChI=1S/C30H30FN5O5/c1-29(36-16-33-34-17-36)15-40-27-22(29)13-25(35-26(27)18-4-7-20(31)8-5-18)30(2,38)14-32-28(37)19-6-11-23(24(12-19)39-3)41-21-9-10-21/h4-8,11-13,16-17,21,38H,9-10,14-15H2,1-3H3,(H,32,37)/t29-,30-/m0/s1. The first-order chi connectivity index (χ1) is 19.7. The molecule has 11 heteroatoms. The summed E-state index contributed by atoms with van der Waals surface area (Å²) in [5.41, 5.74) is 0.245. The molecule has 1 aliphatic heterocycles. The van der Waals surface area contributed by atoms with Crippen molar-refractivity contribution in [2.75, 3.05) is 20.3 Å². The third-order valence-corrected chi connectivity index (χ3v) is 7.55. The molecular formula is C30H30FN5O5. The number of ether oxygens (including phenoxy) is 3. The molecule has 6 rings (SSSR count). The van der Waals surface area contributed by atoms with Gasteiger partial charge in [0.15, 0.2) is 17.2 Å². The van der Waals surface area contributed by atoms with Gasteiger partial charge in [0.25, 0.3) is 5.91 Å². The van der Waals surface area contributed by atoms with Crippen LogP contribution in [-0.2, 0) is 11.1 Å². The molecule has 41 heavy (non-hydrogen) atoms. The fraction of sp³-hybridized carbons (Fsp3) is 0.333. The van der Waals surface area contributed by atoms with Crippen molar-refractivity contribution in [2.45, 2.75) is 43.9 Å². The number of carbonyl (C=O) groups excluding carboxylic acids is 1. The van der Waals surface area contributed by atoms with E-state index < -0.39 is 11.1 Å². The predicted octanol–water partition coefficient (Wildman–Crippen LogP) is 3.82. The van der Waals surface area contributed by atoms with Crippen LogP contribution < -0.4 is 19.5 Å². The van der Waals surface area contributed by atoms with E-state index in [1.54, 1.807) is 56.0 Å². The van der Waals surface area contributed by atoms with Crippen molar-refractivity contribution in [1.82, 2.24) is 25.1 Å². The SMILES string of the molecule is COc1cc(C(=O)NC[C@](C)(O)c2cc3c(c(-c4ccc(F)cc4)n2)OC[C@]3(C)n2cnnc2)ccc1OC1CC1. The van der Waals surface area contributed by atoms with Crippen LogP contribution in [0, 0.1) is 5.82 Å². The summed E-state index contributed by atoms with van der Waals surface area (Å²) in [5.74, 6) is 0.813. The lowest BCUT2D eigenvalue weighted by Crippen LogP contribution is -2.39. The molecule has 4 aromatic rings. The number of aromatic nitrogens is 4. The van der Waals surface area contributed by atoms with E-state index in [2.05, 4.69) is 15.5 Å². The molecule has 3 heterocycles. The third-order valence-electron chi connectivity index (χ3n) is 7.55. The summed E-state index contributed by atoms with van der Waals surface area (Å²) >= 11 is 0. The normalized spacial score (nSPS) is 19.1. The highest BCUT2D eigenvalue weighted by Crippen LogP contribution is 2.46. The topological polar surface area (TPSA) is 121 Å². The summed E-state index contributed by atoms with van der Waals surface area (Å²) in [5, 5.41) is 22.3. The summed E-state index contributed by atoms with van der Waals surface area (Å²) < 4.78 is 33.0. The van der Waals surface area contributed by atoms with Gasteiger partial charge >= 0.3 is 0 Å². The number of hydrogen-bond donors (Lipinski definition) is 2. The van der Waals surface area contributed by atoms with Gasteiger partial charge in [0.1, 0.15) is 41.9 Å². The van der Waals surface area contributed by atoms with Crippen LogP contribution in [0.3, 0.4) is 0 Å². The molecule has 1 aliphatic carbocycles. The Hall–Kier alpha value is -4.51. The van der Waals surface area contributed by atoms with E-state index in [0.29, 0.717) is 39.8 Å². The van der Waals surface area contributed by atoms with E-state index in [1.165, 1.54) is 19.2 Å². The number of hydrogen-bond acceptors (Lipinski definition) is 8. The molecule has 0 radical (unpaired) electrons. The molecule has 2 aliphatic rings. The number of halogens is 1. The van der Waals surface area contributed by atoms with Gasteiger partial charge in [-0.1, -0.05) is 0 Å². The number of methoxy groups -OCH3 is 1. The number of benzene rings is 2. The first kappa shape index (κ1) is 26.7. The highest BCUT2D eigenvalue weighted by molar-refractivity contribution is 5.95. The van der Waals surface area contributed by atoms with Gasteiger partial charge in [0, 0.05) is 16.7 Å². The Morgan fingerprint density at radius 2 is 1.90 bits per heavy atom. The Balaban J connectivity index is 1.31. The predicted molar refractivity (Wildman–Crippen MR) is 146 cm³/mol. The molecule has 0 bridgehead atoms. The van der Waals surface area contributed by atoms with E-state index >= 15 is 0 Å². The first-order valence-corrected chi connectivity index (χ1v) is 13.3. The molecule has 0 saturated heterocycles. The lowest BCUT2D eigenvalue weighted by molar-refractivity contribution is 0.0489. The largest absolute Gasteiger partial charge is 0.493 e. The highest BCUT2D eigenvalue weighted by atomic mass is 19.1. The van der Waals surface area contributed by atoms with E-state index in [-0.39, 0.29) is 31.0 Å². The second kappa shape index (κ2) is 10.2. The number of nitrogens with one attached hydrogen (secondary N) is 1. The second-order valence-corrected chi connectivity index (χ2v) is 10.8. The summed E-state index contributed by atoms with van der Waals surface area (Å²) in [6.45, 7) is 3.70. The van der Waals surface area contributed by atoms with Crippen LogP contribution in [0.25, 0.3) is 11.3 Å². The van der Waals surface area contributed by atoms with Crippen molar-refractivity contribution < 1.29 is 28.5 Å². The zero-order valence-electron chi connectivity index (χ0n) is 22.9. The molecule has 0 unspecified atom stereocenters. The van der Waals surface area contributed by atoms with Gasteiger partial charge < -0.3 is 29.2 Å². The fourth-order valence-electron chi connectivity index (χ4n) is 4.84. The molecule has 2 N–H and O–H groups in total. The van der Waals surface area contributed by atoms with E-state index in [1.807, 2.05) is 11.5 Å². The van der Waals surface area contributed by atoms with Gasteiger partial charge in [-0.05, 0) is 75.2 Å². The van der Waals surface area contributed by atoms with E-state index in [9.17, 15) is 14.3 Å². The lowest BCUT2D eigenvalue weighted by atomic mass is 9.89. The van der Waals surface area contributed by atoms with Crippen molar-refractivity contribution in [1.29, 1.82) is 0 Å². The van der Waals surface area contributed by atoms with E-state index in [4.69, 9.17) is 19.2 Å². The highest BCUT2D eigenvalue weighted by Gasteiger charge is 2.42. The molecule has 2 atom stereocenters. The quantitative estimate of drug-likeness (QED) is 0.318. The van der Waals surface area contributed by atoms with Gasteiger partial charge in [-0.2, -0.15) is 0 Å². The Morgan fingerprint density at radius 1 is 1.17 bits per heavy atom. The summed E-state index contributed by atoms with van der Waals surface area (Å²) in [4.78, 5) is 17.9. The van der Waals surface area contributed by atoms with E-state index in [0.717, 1.165) is 18.4 Å². The van der Waals surface area contributed by atoms with Gasteiger partial charge in [-0.3, -0.25) is 4.79 Å². The summed E-state index contributed by atoms with van der Waals surface area (Å²) in [6, 6.07) is 12.7. The van der Waals surface area contributed by atoms with Gasteiger partial charge in [-0.25, -0.2) is 9.37 Å². The molecular weight excluding hydrogens is 529 g/mol. The van der Waals surface area contributed by atoms with Crippen molar-refractivity contribution in [3.63, 3.8) is 0 Å². The zero-order valence-corrected chi connectivity index (χ0v) is 22.9.